The standard InChI is InChI=1S/C15H14ClF2NO/c1-2-20-15-6-5-12(8-14(15)18)19-9-10-3-4-11(17)7-13(10)16/h3-8,19H,2,9H2,1H3. The third-order valence-electron chi connectivity index (χ3n) is 2.73. The average molecular weight is 298 g/mol. The molecule has 0 aliphatic carbocycles. The summed E-state index contributed by atoms with van der Waals surface area (Å²) in [6, 6.07) is 8.80. The van der Waals surface area contributed by atoms with Crippen molar-refractivity contribution < 1.29 is 13.5 Å². The van der Waals surface area contributed by atoms with Gasteiger partial charge in [-0.25, -0.2) is 8.78 Å². The highest BCUT2D eigenvalue weighted by Gasteiger charge is 2.05. The van der Waals surface area contributed by atoms with Crippen molar-refractivity contribution >= 4 is 17.3 Å². The van der Waals surface area contributed by atoms with Crippen LogP contribution in [-0.4, -0.2) is 6.61 Å². The molecule has 0 amide bonds. The minimum absolute atomic E-state index is 0.220. The first-order valence-electron chi connectivity index (χ1n) is 6.20. The highest BCUT2D eigenvalue weighted by atomic mass is 35.5. The fourth-order valence-corrected chi connectivity index (χ4v) is 1.98. The molecule has 0 aliphatic heterocycles. The largest absolute Gasteiger partial charge is 0.491 e. The number of halogens is 3. The normalized spacial score (nSPS) is 10.4. The van der Waals surface area contributed by atoms with Crippen LogP contribution in [0.25, 0.3) is 0 Å². The van der Waals surface area contributed by atoms with Crippen molar-refractivity contribution in [2.45, 2.75) is 13.5 Å². The van der Waals surface area contributed by atoms with Crippen LogP contribution in [0.15, 0.2) is 36.4 Å². The Labute approximate surface area is 121 Å². The first kappa shape index (κ1) is 14.6. The molecule has 2 aromatic carbocycles. The van der Waals surface area contributed by atoms with Gasteiger partial charge in [0.2, 0.25) is 0 Å². The van der Waals surface area contributed by atoms with Crippen LogP contribution >= 0.6 is 11.6 Å². The Morgan fingerprint density at radius 2 is 1.95 bits per heavy atom. The van der Waals surface area contributed by atoms with Gasteiger partial charge in [-0.05, 0) is 36.8 Å². The van der Waals surface area contributed by atoms with E-state index in [1.165, 1.54) is 18.2 Å². The number of hydrogen-bond acceptors (Lipinski definition) is 2. The van der Waals surface area contributed by atoms with E-state index in [1.807, 2.05) is 0 Å². The Kier molecular flexibility index (Phi) is 4.79. The predicted molar refractivity (Wildman–Crippen MR) is 76.3 cm³/mol. The van der Waals surface area contributed by atoms with Gasteiger partial charge < -0.3 is 10.1 Å². The number of hydrogen-bond donors (Lipinski definition) is 1. The third kappa shape index (κ3) is 3.61. The predicted octanol–water partition coefficient (Wildman–Crippen LogP) is 4.63. The Morgan fingerprint density at radius 3 is 2.60 bits per heavy atom. The van der Waals surface area contributed by atoms with Gasteiger partial charge in [0.25, 0.3) is 0 Å². The molecule has 0 heterocycles. The van der Waals surface area contributed by atoms with E-state index in [1.54, 1.807) is 25.1 Å². The van der Waals surface area contributed by atoms with Crippen molar-refractivity contribution in [2.75, 3.05) is 11.9 Å². The second-order valence-corrected chi connectivity index (χ2v) is 4.57. The monoisotopic (exact) mass is 297 g/mol. The highest BCUT2D eigenvalue weighted by molar-refractivity contribution is 6.31. The molecule has 0 atom stereocenters. The minimum Gasteiger partial charge on any atom is -0.491 e. The van der Waals surface area contributed by atoms with Gasteiger partial charge in [-0.15, -0.1) is 0 Å². The zero-order valence-electron chi connectivity index (χ0n) is 10.9. The summed E-state index contributed by atoms with van der Waals surface area (Å²) in [5.74, 6) is -0.592. The number of anilines is 1. The lowest BCUT2D eigenvalue weighted by Gasteiger charge is -2.10. The van der Waals surface area contributed by atoms with E-state index < -0.39 is 5.82 Å². The number of benzene rings is 2. The van der Waals surface area contributed by atoms with Gasteiger partial charge in [-0.2, -0.15) is 0 Å². The fourth-order valence-electron chi connectivity index (χ4n) is 1.75. The number of nitrogens with one attached hydrogen (secondary N) is 1. The molecule has 106 valence electrons. The van der Waals surface area contributed by atoms with Crippen molar-refractivity contribution in [1.29, 1.82) is 0 Å². The van der Waals surface area contributed by atoms with Crippen molar-refractivity contribution in [3.8, 4) is 5.75 Å². The molecule has 0 saturated heterocycles. The quantitative estimate of drug-likeness (QED) is 0.869. The van der Waals surface area contributed by atoms with Crippen LogP contribution < -0.4 is 10.1 Å². The van der Waals surface area contributed by atoms with Crippen molar-refractivity contribution in [3.63, 3.8) is 0 Å². The summed E-state index contributed by atoms with van der Waals surface area (Å²) in [6.07, 6.45) is 0. The van der Waals surface area contributed by atoms with Crippen molar-refractivity contribution in [2.24, 2.45) is 0 Å². The van der Waals surface area contributed by atoms with E-state index in [2.05, 4.69) is 5.32 Å². The van der Waals surface area contributed by atoms with E-state index in [0.717, 1.165) is 5.56 Å². The Bertz CT molecular complexity index is 604. The van der Waals surface area contributed by atoms with Gasteiger partial charge in [0.15, 0.2) is 11.6 Å². The Balaban J connectivity index is 2.05. The van der Waals surface area contributed by atoms with Gasteiger partial charge in [-0.3, -0.25) is 0 Å². The summed E-state index contributed by atoms with van der Waals surface area (Å²) >= 11 is 5.92. The molecule has 5 heteroatoms. The van der Waals surface area contributed by atoms with E-state index in [-0.39, 0.29) is 11.6 Å². The topological polar surface area (TPSA) is 21.3 Å². The lowest BCUT2D eigenvalue weighted by molar-refractivity contribution is 0.321. The van der Waals surface area contributed by atoms with Gasteiger partial charge in [0.05, 0.1) is 6.61 Å². The van der Waals surface area contributed by atoms with Crippen molar-refractivity contribution in [1.82, 2.24) is 0 Å². The van der Waals surface area contributed by atoms with E-state index in [4.69, 9.17) is 16.3 Å². The summed E-state index contributed by atoms with van der Waals surface area (Å²) in [6.45, 7) is 2.59. The lowest BCUT2D eigenvalue weighted by Crippen LogP contribution is -2.01. The molecule has 2 aromatic rings. The second-order valence-electron chi connectivity index (χ2n) is 4.17. The van der Waals surface area contributed by atoms with Gasteiger partial charge in [0.1, 0.15) is 5.82 Å². The zero-order valence-corrected chi connectivity index (χ0v) is 11.7. The first-order chi connectivity index (χ1) is 9.60. The van der Waals surface area contributed by atoms with Gasteiger partial charge >= 0.3 is 0 Å². The lowest BCUT2D eigenvalue weighted by atomic mass is 10.2. The maximum Gasteiger partial charge on any atom is 0.167 e. The number of ether oxygens (including phenoxy) is 1. The summed E-state index contributed by atoms with van der Waals surface area (Å²) in [5.41, 5.74) is 1.34. The Hall–Kier alpha value is -1.81. The summed E-state index contributed by atoms with van der Waals surface area (Å²) in [4.78, 5) is 0. The molecule has 0 unspecified atom stereocenters. The van der Waals surface area contributed by atoms with Crippen molar-refractivity contribution in [3.05, 3.63) is 58.6 Å². The van der Waals surface area contributed by atoms with Crippen LogP contribution in [0.1, 0.15) is 12.5 Å². The maximum atomic E-state index is 13.7. The average Bonchev–Trinajstić information content (AvgIpc) is 2.41. The molecule has 2 rings (SSSR count). The van der Waals surface area contributed by atoms with Crippen LogP contribution in [0.2, 0.25) is 5.02 Å². The molecule has 0 saturated carbocycles. The van der Waals surface area contributed by atoms with Gasteiger partial charge in [-0.1, -0.05) is 17.7 Å². The molecule has 0 aliphatic rings. The molecule has 20 heavy (non-hydrogen) atoms. The zero-order chi connectivity index (χ0) is 14.5. The van der Waals surface area contributed by atoms with E-state index in [0.29, 0.717) is 23.9 Å². The Morgan fingerprint density at radius 1 is 1.15 bits per heavy atom. The first-order valence-corrected chi connectivity index (χ1v) is 6.58. The number of rotatable bonds is 5. The van der Waals surface area contributed by atoms with Crippen LogP contribution in [0, 0.1) is 11.6 Å². The molecule has 0 bridgehead atoms. The highest BCUT2D eigenvalue weighted by Crippen LogP contribution is 2.23. The van der Waals surface area contributed by atoms with Crippen LogP contribution in [0.3, 0.4) is 0 Å². The molecular weight excluding hydrogens is 284 g/mol. The van der Waals surface area contributed by atoms with E-state index >= 15 is 0 Å². The molecule has 1 N–H and O–H groups in total. The molecule has 0 aromatic heterocycles. The molecule has 0 spiro atoms. The van der Waals surface area contributed by atoms with Crippen LogP contribution in [0.4, 0.5) is 14.5 Å². The third-order valence-corrected chi connectivity index (χ3v) is 3.08. The van der Waals surface area contributed by atoms with Crippen LogP contribution in [-0.2, 0) is 6.54 Å². The van der Waals surface area contributed by atoms with Crippen LogP contribution in [0.5, 0.6) is 5.75 Å². The minimum atomic E-state index is -0.429. The summed E-state index contributed by atoms with van der Waals surface area (Å²) in [5, 5.41) is 3.37. The maximum absolute atomic E-state index is 13.7. The molecule has 0 fully saturated rings. The van der Waals surface area contributed by atoms with E-state index in [9.17, 15) is 8.78 Å². The van der Waals surface area contributed by atoms with Gasteiger partial charge in [0, 0.05) is 23.3 Å². The molecule has 0 radical (unpaired) electrons. The summed E-state index contributed by atoms with van der Waals surface area (Å²) in [7, 11) is 0. The summed E-state index contributed by atoms with van der Waals surface area (Å²) < 4.78 is 31.7. The second kappa shape index (κ2) is 6.57. The molecular formula is C15H14ClF2NO. The smallest absolute Gasteiger partial charge is 0.167 e. The SMILES string of the molecule is CCOc1ccc(NCc2ccc(F)cc2Cl)cc1F. The molecule has 2 nitrogen and oxygen atoms in total. The fraction of sp³-hybridized carbons (Fsp3) is 0.200.